The van der Waals surface area contributed by atoms with Crippen LogP contribution in [0.25, 0.3) is 11.1 Å². The summed E-state index contributed by atoms with van der Waals surface area (Å²) < 4.78 is 1.11. The van der Waals surface area contributed by atoms with E-state index in [1.54, 1.807) is 89.6 Å². The van der Waals surface area contributed by atoms with Crippen molar-refractivity contribution in [2.24, 2.45) is 35.5 Å². The molecule has 8 aliphatic rings. The van der Waals surface area contributed by atoms with Gasteiger partial charge in [-0.3, -0.25) is 0 Å². The van der Waals surface area contributed by atoms with E-state index in [1.807, 2.05) is 42.5 Å². The second kappa shape index (κ2) is 11.8. The molecule has 0 saturated heterocycles. The van der Waals surface area contributed by atoms with E-state index >= 15 is 0 Å². The van der Waals surface area contributed by atoms with Gasteiger partial charge in [-0.15, -0.1) is 0 Å². The van der Waals surface area contributed by atoms with Crippen LogP contribution in [-0.2, 0) is 19.2 Å². The maximum absolute atomic E-state index is 5.90. The third-order valence-corrected chi connectivity index (χ3v) is 16.8. The fourth-order valence-corrected chi connectivity index (χ4v) is 17.4. The fraction of sp³-hybridized carbons (Fsp3) is 0.676. The molecule has 0 aromatic heterocycles. The van der Waals surface area contributed by atoms with E-state index in [0.717, 1.165) is 66.7 Å². The molecule has 0 amide bonds. The SMILES string of the molecule is C.CCCCP(C12CC3CC(CC(C3)C1)C2)C12CC3CC(CC(C3)C1)C2.Nc1ccccc1-c1cccc[c]1[Pd]. The Morgan fingerprint density at radius 2 is 1.07 bits per heavy atom. The number of nitrogens with two attached hydrogens (primary N) is 1. The van der Waals surface area contributed by atoms with Gasteiger partial charge in [-0.1, -0.05) is 28.7 Å². The molecule has 0 unspecified atom stereocenters. The summed E-state index contributed by atoms with van der Waals surface area (Å²) in [4.78, 5) is 0. The van der Waals surface area contributed by atoms with Crippen molar-refractivity contribution in [2.75, 3.05) is 11.9 Å². The van der Waals surface area contributed by atoms with Crippen LogP contribution in [0.3, 0.4) is 0 Å². The normalized spacial score (nSPS) is 38.9. The zero-order valence-electron chi connectivity index (χ0n) is 24.0. The first-order valence-corrected chi connectivity index (χ1v) is 18.6. The molecule has 2 aromatic rings. The van der Waals surface area contributed by atoms with Crippen LogP contribution >= 0.6 is 7.92 Å². The molecule has 10 rings (SSSR count). The van der Waals surface area contributed by atoms with E-state index in [4.69, 9.17) is 5.73 Å². The Bertz CT molecular complexity index is 1010. The van der Waals surface area contributed by atoms with Crippen molar-refractivity contribution in [1.82, 2.24) is 0 Å². The molecule has 0 atom stereocenters. The average Bonchev–Trinajstić information content (AvgIpc) is 2.88. The third-order valence-electron chi connectivity index (χ3n) is 12.0. The summed E-state index contributed by atoms with van der Waals surface area (Å²) in [6, 6.07) is 16.0. The molecule has 0 heterocycles. The molecule has 2 N–H and O–H groups in total. The molecule has 1 nitrogen and oxygen atoms in total. The fourth-order valence-electron chi connectivity index (χ4n) is 11.5. The molecule has 3 heteroatoms. The van der Waals surface area contributed by atoms with Crippen LogP contribution < -0.4 is 9.77 Å². The number of rotatable bonds is 6. The van der Waals surface area contributed by atoms with Crippen molar-refractivity contribution in [3.8, 4) is 11.1 Å². The van der Waals surface area contributed by atoms with Crippen molar-refractivity contribution in [1.29, 1.82) is 0 Å². The van der Waals surface area contributed by atoms with E-state index in [1.165, 1.54) is 6.42 Å². The van der Waals surface area contributed by atoms with Crippen molar-refractivity contribution < 1.29 is 19.2 Å². The standard InChI is InChI=1S/C24H39P.C12H10N.CH4.Pd/c1-2-3-4-25(23-11-17-5-18(12-23)7-19(6-17)13-23)24-14-20-8-21(15-24)10-22(9-20)16-24;13-12-9-5-4-8-11(12)10-6-2-1-3-7-10;;/h17-22H,2-16H2,1H3;1-6,8-9H,13H2;1H4;. The number of hydrogen-bond donors (Lipinski definition) is 1. The molecule has 221 valence electrons. The predicted molar refractivity (Wildman–Crippen MR) is 171 cm³/mol. The number of unbranched alkanes of at least 4 members (excludes halogenated alkanes) is 1. The summed E-state index contributed by atoms with van der Waals surface area (Å²) in [5.41, 5.74) is 8.94. The van der Waals surface area contributed by atoms with Crippen molar-refractivity contribution in [3.05, 3.63) is 48.5 Å². The molecule has 8 fully saturated rings. The number of para-hydroxylation sites is 1. The summed E-state index contributed by atoms with van der Waals surface area (Å²) in [6.07, 6.45) is 24.6. The van der Waals surface area contributed by atoms with Gasteiger partial charge in [0.25, 0.3) is 0 Å². The molecule has 8 aliphatic carbocycles. The first-order valence-electron chi connectivity index (χ1n) is 16.3. The summed E-state index contributed by atoms with van der Waals surface area (Å²) >= 11 is 3.23. The summed E-state index contributed by atoms with van der Waals surface area (Å²) in [5, 5.41) is 1.76. The summed E-state index contributed by atoms with van der Waals surface area (Å²) in [6.45, 7) is 2.45. The van der Waals surface area contributed by atoms with E-state index in [0.29, 0.717) is 0 Å². The van der Waals surface area contributed by atoms with Gasteiger partial charge < -0.3 is 0 Å². The van der Waals surface area contributed by atoms with E-state index in [9.17, 15) is 0 Å². The number of hydrogen-bond acceptors (Lipinski definition) is 1. The second-order valence-corrected chi connectivity index (χ2v) is 18.9. The van der Waals surface area contributed by atoms with Gasteiger partial charge in [0.15, 0.2) is 0 Å². The predicted octanol–water partition coefficient (Wildman–Crippen LogP) is 9.95. The Morgan fingerprint density at radius 3 is 1.48 bits per heavy atom. The number of nitrogen functional groups attached to an aromatic ring is 1. The Labute approximate surface area is 257 Å². The van der Waals surface area contributed by atoms with Crippen LogP contribution in [0.4, 0.5) is 5.69 Å². The molecular formula is C37H53NPPd. The number of benzene rings is 2. The van der Waals surface area contributed by atoms with Crippen molar-refractivity contribution in [2.45, 2.75) is 115 Å². The summed E-state index contributed by atoms with van der Waals surface area (Å²) in [5.74, 6) is 6.95. The molecule has 8 bridgehead atoms. The second-order valence-electron chi connectivity index (χ2n) is 14.8. The Hall–Kier alpha value is -0.668. The van der Waals surface area contributed by atoms with Gasteiger partial charge in [-0.2, -0.15) is 0 Å². The van der Waals surface area contributed by atoms with E-state index in [2.05, 4.69) is 32.2 Å². The van der Waals surface area contributed by atoms with E-state index < -0.39 is 0 Å². The molecule has 2 aromatic carbocycles. The third kappa shape index (κ3) is 5.42. The molecular weight excluding hydrogens is 596 g/mol. The zero-order chi connectivity index (χ0) is 26.6. The quantitative estimate of drug-likeness (QED) is 0.188. The first kappa shape index (κ1) is 29.4. The topological polar surface area (TPSA) is 26.0 Å². The van der Waals surface area contributed by atoms with Gasteiger partial charge in [0.05, 0.1) is 0 Å². The van der Waals surface area contributed by atoms with E-state index in [-0.39, 0.29) is 15.3 Å². The summed E-state index contributed by atoms with van der Waals surface area (Å²) in [7, 11) is 0.285. The molecule has 0 radical (unpaired) electrons. The van der Waals surface area contributed by atoms with Crippen LogP contribution in [-0.4, -0.2) is 16.5 Å². The van der Waals surface area contributed by atoms with Gasteiger partial charge >= 0.3 is 94.3 Å². The van der Waals surface area contributed by atoms with Crippen molar-refractivity contribution in [3.63, 3.8) is 0 Å². The van der Waals surface area contributed by atoms with Crippen LogP contribution in [0, 0.1) is 35.5 Å². The number of anilines is 1. The Kier molecular flexibility index (Phi) is 8.66. The van der Waals surface area contributed by atoms with Gasteiger partial charge in [0, 0.05) is 0 Å². The van der Waals surface area contributed by atoms with Crippen molar-refractivity contribution >= 4 is 17.6 Å². The minimum absolute atomic E-state index is 0. The van der Waals surface area contributed by atoms with Crippen LogP contribution in [0.5, 0.6) is 0 Å². The van der Waals surface area contributed by atoms with Crippen LogP contribution in [0.1, 0.15) is 104 Å². The minimum atomic E-state index is 0. The Morgan fingerprint density at radius 1 is 0.675 bits per heavy atom. The Balaban J connectivity index is 0.000000166. The molecule has 0 spiro atoms. The molecule has 40 heavy (non-hydrogen) atoms. The van der Waals surface area contributed by atoms with Gasteiger partial charge in [0.2, 0.25) is 0 Å². The van der Waals surface area contributed by atoms with Gasteiger partial charge in [-0.05, 0) is 135 Å². The van der Waals surface area contributed by atoms with Gasteiger partial charge in [0.1, 0.15) is 0 Å². The maximum atomic E-state index is 5.90. The van der Waals surface area contributed by atoms with Crippen LogP contribution in [0.2, 0.25) is 0 Å². The first-order chi connectivity index (χ1) is 19.0. The van der Waals surface area contributed by atoms with Crippen LogP contribution in [0.15, 0.2) is 48.5 Å². The average molecular weight is 649 g/mol. The molecule has 0 aliphatic heterocycles. The van der Waals surface area contributed by atoms with Gasteiger partial charge in [-0.25, -0.2) is 0 Å². The zero-order valence-corrected chi connectivity index (χ0v) is 26.5. The monoisotopic (exact) mass is 648 g/mol. The molecule has 8 saturated carbocycles.